The summed E-state index contributed by atoms with van der Waals surface area (Å²) < 4.78 is 9.95. The first-order valence-electron chi connectivity index (χ1n) is 6.56. The van der Waals surface area contributed by atoms with Gasteiger partial charge in [0.1, 0.15) is 5.75 Å². The molecule has 0 heterocycles. The van der Waals surface area contributed by atoms with Crippen LogP contribution in [-0.4, -0.2) is 30.3 Å². The van der Waals surface area contributed by atoms with E-state index >= 15 is 0 Å². The highest BCUT2D eigenvalue weighted by atomic mass is 16.6. The Balaban J connectivity index is 3.04. The number of benzene rings is 1. The van der Waals surface area contributed by atoms with Crippen LogP contribution >= 0.6 is 0 Å². The van der Waals surface area contributed by atoms with Crippen molar-refractivity contribution < 1.29 is 24.2 Å². The monoisotopic (exact) mass is 280 g/mol. The first-order chi connectivity index (χ1) is 9.43. The molecule has 1 N–H and O–H groups in total. The van der Waals surface area contributed by atoms with Gasteiger partial charge in [0.2, 0.25) is 0 Å². The van der Waals surface area contributed by atoms with Crippen LogP contribution in [0, 0.1) is 5.41 Å². The zero-order chi connectivity index (χ0) is 15.2. The molecule has 0 amide bonds. The van der Waals surface area contributed by atoms with Gasteiger partial charge < -0.3 is 14.6 Å². The number of hydrogen-bond donors (Lipinski definition) is 1. The maximum atomic E-state index is 12.1. The zero-order valence-electron chi connectivity index (χ0n) is 12.0. The van der Waals surface area contributed by atoms with Crippen molar-refractivity contribution in [1.29, 1.82) is 0 Å². The Hall–Kier alpha value is -2.04. The van der Waals surface area contributed by atoms with E-state index in [1.807, 2.05) is 0 Å². The summed E-state index contributed by atoms with van der Waals surface area (Å²) in [5.41, 5.74) is -0.756. The van der Waals surface area contributed by atoms with E-state index < -0.39 is 17.4 Å². The summed E-state index contributed by atoms with van der Waals surface area (Å²) in [4.78, 5) is 24.2. The van der Waals surface area contributed by atoms with Gasteiger partial charge in [0.15, 0.2) is 5.41 Å². The van der Waals surface area contributed by atoms with Crippen LogP contribution in [0.25, 0.3) is 0 Å². The second-order valence-corrected chi connectivity index (χ2v) is 4.62. The van der Waals surface area contributed by atoms with E-state index in [1.54, 1.807) is 26.0 Å². The van der Waals surface area contributed by atoms with Gasteiger partial charge in [-0.05, 0) is 44.9 Å². The number of phenolic OH excluding ortho intramolecular Hbond substituents is 1. The van der Waals surface area contributed by atoms with E-state index in [0.717, 1.165) is 0 Å². The van der Waals surface area contributed by atoms with Gasteiger partial charge in [0.05, 0.1) is 13.2 Å². The topological polar surface area (TPSA) is 72.8 Å². The molecule has 5 nitrogen and oxygen atoms in total. The molecule has 0 saturated heterocycles. The number of esters is 2. The van der Waals surface area contributed by atoms with Gasteiger partial charge in [-0.3, -0.25) is 9.59 Å². The molecule has 20 heavy (non-hydrogen) atoms. The van der Waals surface area contributed by atoms with Crippen molar-refractivity contribution in [1.82, 2.24) is 0 Å². The number of ether oxygens (including phenoxy) is 2. The normalized spacial score (nSPS) is 10.9. The number of carbonyl (C=O) groups is 2. The van der Waals surface area contributed by atoms with Crippen molar-refractivity contribution in [2.24, 2.45) is 5.41 Å². The minimum absolute atomic E-state index is 0.0811. The molecule has 110 valence electrons. The van der Waals surface area contributed by atoms with Crippen LogP contribution in [0.4, 0.5) is 0 Å². The van der Waals surface area contributed by atoms with E-state index in [-0.39, 0.29) is 25.4 Å². The summed E-state index contributed by atoms with van der Waals surface area (Å²) in [7, 11) is 0. The van der Waals surface area contributed by atoms with Crippen LogP contribution in [0.2, 0.25) is 0 Å². The summed E-state index contributed by atoms with van der Waals surface area (Å²) in [5, 5.41) is 9.46. The third-order valence-electron chi connectivity index (χ3n) is 2.92. The highest BCUT2D eigenvalue weighted by Crippen LogP contribution is 2.28. The minimum atomic E-state index is -1.42. The fourth-order valence-electron chi connectivity index (χ4n) is 1.88. The predicted molar refractivity (Wildman–Crippen MR) is 73.2 cm³/mol. The molecular weight excluding hydrogens is 260 g/mol. The number of rotatable bonds is 6. The van der Waals surface area contributed by atoms with Crippen molar-refractivity contribution in [3.8, 4) is 5.75 Å². The van der Waals surface area contributed by atoms with Gasteiger partial charge in [-0.25, -0.2) is 0 Å². The highest BCUT2D eigenvalue weighted by molar-refractivity contribution is 5.99. The molecule has 0 atom stereocenters. The van der Waals surface area contributed by atoms with E-state index in [0.29, 0.717) is 5.56 Å². The van der Waals surface area contributed by atoms with Crippen molar-refractivity contribution >= 4 is 11.9 Å². The third kappa shape index (κ3) is 3.73. The Kier molecular flexibility index (Phi) is 5.55. The van der Waals surface area contributed by atoms with Crippen molar-refractivity contribution in [2.75, 3.05) is 13.2 Å². The van der Waals surface area contributed by atoms with E-state index in [9.17, 15) is 14.7 Å². The van der Waals surface area contributed by atoms with Crippen molar-refractivity contribution in [2.45, 2.75) is 27.2 Å². The van der Waals surface area contributed by atoms with Gasteiger partial charge in [-0.15, -0.1) is 0 Å². The number of carbonyl (C=O) groups excluding carboxylic acids is 2. The van der Waals surface area contributed by atoms with E-state index in [2.05, 4.69) is 0 Å². The maximum Gasteiger partial charge on any atom is 0.323 e. The molecule has 0 aliphatic carbocycles. The standard InChI is InChI=1S/C15H20O5/c1-4-19-13(17)15(3,14(18)20-5-2)10-11-7-6-8-12(16)9-11/h6-9,16H,4-5,10H2,1-3H3. The fourth-order valence-corrected chi connectivity index (χ4v) is 1.88. The molecule has 1 aromatic carbocycles. The van der Waals surface area contributed by atoms with Crippen LogP contribution in [0.5, 0.6) is 5.75 Å². The fraction of sp³-hybridized carbons (Fsp3) is 0.467. The Morgan fingerprint density at radius 2 is 1.70 bits per heavy atom. The second-order valence-electron chi connectivity index (χ2n) is 4.62. The molecule has 0 bridgehead atoms. The first kappa shape index (κ1) is 16.0. The third-order valence-corrected chi connectivity index (χ3v) is 2.92. The molecule has 0 aliphatic heterocycles. The zero-order valence-corrected chi connectivity index (χ0v) is 12.0. The van der Waals surface area contributed by atoms with Crippen LogP contribution in [0.1, 0.15) is 26.3 Å². The smallest absolute Gasteiger partial charge is 0.323 e. The lowest BCUT2D eigenvalue weighted by molar-refractivity contribution is -0.170. The Morgan fingerprint density at radius 3 is 2.15 bits per heavy atom. The van der Waals surface area contributed by atoms with Crippen LogP contribution in [0.15, 0.2) is 24.3 Å². The van der Waals surface area contributed by atoms with Crippen molar-refractivity contribution in [3.05, 3.63) is 29.8 Å². The van der Waals surface area contributed by atoms with Crippen LogP contribution in [0.3, 0.4) is 0 Å². The van der Waals surface area contributed by atoms with E-state index in [1.165, 1.54) is 19.1 Å². The Labute approximate surface area is 118 Å². The number of hydrogen-bond acceptors (Lipinski definition) is 5. The van der Waals surface area contributed by atoms with Crippen LogP contribution in [-0.2, 0) is 25.5 Å². The Morgan fingerprint density at radius 1 is 1.15 bits per heavy atom. The quantitative estimate of drug-likeness (QED) is 0.638. The molecule has 5 heteroatoms. The molecule has 1 aromatic rings. The lowest BCUT2D eigenvalue weighted by Crippen LogP contribution is -2.41. The SMILES string of the molecule is CCOC(=O)C(C)(Cc1cccc(O)c1)C(=O)OCC. The molecule has 0 spiro atoms. The average Bonchev–Trinajstić information content (AvgIpc) is 2.39. The molecule has 0 saturated carbocycles. The molecule has 0 aliphatic rings. The predicted octanol–water partition coefficient (Wildman–Crippen LogP) is 2.07. The van der Waals surface area contributed by atoms with Gasteiger partial charge in [-0.2, -0.15) is 0 Å². The molecule has 0 fully saturated rings. The second kappa shape index (κ2) is 6.93. The molecule has 0 aromatic heterocycles. The summed E-state index contributed by atoms with van der Waals surface area (Å²) in [5.74, 6) is -1.17. The maximum absolute atomic E-state index is 12.1. The summed E-state index contributed by atoms with van der Waals surface area (Å²) in [6.45, 7) is 5.23. The number of aromatic hydroxyl groups is 1. The minimum Gasteiger partial charge on any atom is -0.508 e. The number of phenols is 1. The lowest BCUT2D eigenvalue weighted by atomic mass is 9.83. The van der Waals surface area contributed by atoms with Gasteiger partial charge >= 0.3 is 11.9 Å². The van der Waals surface area contributed by atoms with Crippen molar-refractivity contribution in [3.63, 3.8) is 0 Å². The van der Waals surface area contributed by atoms with Gasteiger partial charge in [-0.1, -0.05) is 12.1 Å². The van der Waals surface area contributed by atoms with Gasteiger partial charge in [0.25, 0.3) is 0 Å². The van der Waals surface area contributed by atoms with E-state index in [4.69, 9.17) is 9.47 Å². The van der Waals surface area contributed by atoms with Crippen LogP contribution < -0.4 is 0 Å². The Bertz CT molecular complexity index is 463. The molecular formula is C15H20O5. The average molecular weight is 280 g/mol. The van der Waals surface area contributed by atoms with Gasteiger partial charge in [0, 0.05) is 0 Å². The molecule has 0 radical (unpaired) electrons. The highest BCUT2D eigenvalue weighted by Gasteiger charge is 2.44. The molecule has 0 unspecified atom stereocenters. The summed E-state index contributed by atoms with van der Waals surface area (Å²) >= 11 is 0. The summed E-state index contributed by atoms with van der Waals surface area (Å²) in [6, 6.07) is 6.42. The summed E-state index contributed by atoms with van der Waals surface area (Å²) in [6.07, 6.45) is 0.110. The molecule has 1 rings (SSSR count). The lowest BCUT2D eigenvalue weighted by Gasteiger charge is -2.25. The first-order valence-corrected chi connectivity index (χ1v) is 6.56. The largest absolute Gasteiger partial charge is 0.508 e.